The zero-order chi connectivity index (χ0) is 19.6. The van der Waals surface area contributed by atoms with E-state index in [0.29, 0.717) is 18.0 Å². The molecule has 0 unspecified atom stereocenters. The number of methoxy groups -OCH3 is 2. The minimum atomic E-state index is -3.64. The number of hydrogen-bond donors (Lipinski definition) is 0. The highest BCUT2D eigenvalue weighted by Gasteiger charge is 2.39. The Morgan fingerprint density at radius 2 is 2.07 bits per heavy atom. The van der Waals surface area contributed by atoms with Gasteiger partial charge in [-0.3, -0.25) is 4.68 Å². The van der Waals surface area contributed by atoms with Gasteiger partial charge in [-0.2, -0.15) is 22.1 Å². The van der Waals surface area contributed by atoms with Crippen LogP contribution in [0.25, 0.3) is 0 Å². The van der Waals surface area contributed by atoms with Gasteiger partial charge in [-0.1, -0.05) is 0 Å². The fourth-order valence-electron chi connectivity index (χ4n) is 3.50. The van der Waals surface area contributed by atoms with Gasteiger partial charge in [0.05, 0.1) is 26.5 Å². The van der Waals surface area contributed by atoms with E-state index in [0.717, 1.165) is 24.0 Å². The maximum Gasteiger partial charge on any atom is 0.282 e. The molecular weight excluding hydrogens is 368 g/mol. The first-order valence-electron chi connectivity index (χ1n) is 8.79. The van der Waals surface area contributed by atoms with Crippen molar-refractivity contribution in [2.45, 2.75) is 25.4 Å². The highest BCUT2D eigenvalue weighted by Crippen LogP contribution is 2.40. The second kappa shape index (κ2) is 7.87. The average Bonchev–Trinajstić information content (AvgIpc) is 3.30. The standard InChI is InChI=1S/C18H26N4O4S/c1-20-12-14(11-19-20)13-21(2)27(23,24)22-9-5-6-17(22)16-10-15(25-3)7-8-18(16)26-4/h7-8,10-12,17H,5-6,9,13H2,1-4H3/t17-/m0/s1. The number of nitrogens with zero attached hydrogens (tertiary/aromatic N) is 4. The lowest BCUT2D eigenvalue weighted by molar-refractivity contribution is 0.332. The molecule has 1 aromatic carbocycles. The Labute approximate surface area is 160 Å². The monoisotopic (exact) mass is 394 g/mol. The molecule has 0 amide bonds. The number of rotatable bonds is 7. The predicted molar refractivity (Wildman–Crippen MR) is 102 cm³/mol. The summed E-state index contributed by atoms with van der Waals surface area (Å²) in [5, 5.41) is 4.10. The number of hydrogen-bond acceptors (Lipinski definition) is 5. The van der Waals surface area contributed by atoms with Gasteiger partial charge in [0.25, 0.3) is 10.2 Å². The van der Waals surface area contributed by atoms with Crippen molar-refractivity contribution in [3.63, 3.8) is 0 Å². The van der Waals surface area contributed by atoms with Crippen molar-refractivity contribution in [3.8, 4) is 11.5 Å². The summed E-state index contributed by atoms with van der Waals surface area (Å²) in [6, 6.07) is 5.20. The van der Waals surface area contributed by atoms with Crippen LogP contribution < -0.4 is 9.47 Å². The first kappa shape index (κ1) is 19.7. The molecule has 1 aliphatic rings. The summed E-state index contributed by atoms with van der Waals surface area (Å²) < 4.78 is 41.9. The molecular formula is C18H26N4O4S. The van der Waals surface area contributed by atoms with E-state index in [-0.39, 0.29) is 12.6 Å². The van der Waals surface area contributed by atoms with Gasteiger partial charge >= 0.3 is 0 Å². The van der Waals surface area contributed by atoms with E-state index >= 15 is 0 Å². The van der Waals surface area contributed by atoms with Crippen LogP contribution >= 0.6 is 0 Å². The first-order chi connectivity index (χ1) is 12.9. The van der Waals surface area contributed by atoms with Crippen molar-refractivity contribution in [1.29, 1.82) is 0 Å². The molecule has 148 valence electrons. The molecule has 1 saturated heterocycles. The summed E-state index contributed by atoms with van der Waals surface area (Å²) in [6.45, 7) is 0.749. The normalized spacial score (nSPS) is 18.2. The minimum Gasteiger partial charge on any atom is -0.497 e. The molecule has 27 heavy (non-hydrogen) atoms. The van der Waals surface area contributed by atoms with Crippen LogP contribution in [0.5, 0.6) is 11.5 Å². The third kappa shape index (κ3) is 3.95. The largest absolute Gasteiger partial charge is 0.497 e. The maximum atomic E-state index is 13.2. The minimum absolute atomic E-state index is 0.272. The molecule has 1 aliphatic heterocycles. The zero-order valence-corrected chi connectivity index (χ0v) is 16.9. The van der Waals surface area contributed by atoms with E-state index in [1.165, 1.54) is 4.31 Å². The predicted octanol–water partition coefficient (Wildman–Crippen LogP) is 1.95. The van der Waals surface area contributed by atoms with E-state index in [1.807, 2.05) is 31.4 Å². The molecule has 0 bridgehead atoms. The SMILES string of the molecule is COc1ccc(OC)c([C@@H]2CCCN2S(=O)(=O)N(C)Cc2cnn(C)c2)c1. The summed E-state index contributed by atoms with van der Waals surface area (Å²) in [5.74, 6) is 1.34. The molecule has 0 N–H and O–H groups in total. The van der Waals surface area contributed by atoms with Crippen LogP contribution in [-0.2, 0) is 23.8 Å². The molecule has 1 fully saturated rings. The highest BCUT2D eigenvalue weighted by atomic mass is 32.2. The lowest BCUT2D eigenvalue weighted by Crippen LogP contribution is -2.41. The number of aryl methyl sites for hydroxylation is 1. The third-order valence-electron chi connectivity index (χ3n) is 4.85. The number of benzene rings is 1. The summed E-state index contributed by atoms with van der Waals surface area (Å²) in [5.41, 5.74) is 1.67. The van der Waals surface area contributed by atoms with Crippen LogP contribution in [0.3, 0.4) is 0 Å². The molecule has 0 saturated carbocycles. The van der Waals surface area contributed by atoms with Crippen LogP contribution in [0, 0.1) is 0 Å². The lowest BCUT2D eigenvalue weighted by atomic mass is 10.0. The topological polar surface area (TPSA) is 76.9 Å². The molecule has 0 radical (unpaired) electrons. The van der Waals surface area contributed by atoms with Gasteiger partial charge in [0.15, 0.2) is 0 Å². The van der Waals surface area contributed by atoms with E-state index in [4.69, 9.17) is 9.47 Å². The van der Waals surface area contributed by atoms with Gasteiger partial charge < -0.3 is 9.47 Å². The molecule has 1 aromatic heterocycles. The van der Waals surface area contributed by atoms with Gasteiger partial charge in [-0.25, -0.2) is 0 Å². The van der Waals surface area contributed by atoms with Crippen LogP contribution in [-0.4, -0.2) is 54.6 Å². The maximum absolute atomic E-state index is 13.2. The van der Waals surface area contributed by atoms with Crippen LogP contribution in [0.1, 0.15) is 30.0 Å². The molecule has 2 aromatic rings. The second-order valence-electron chi connectivity index (χ2n) is 6.66. The van der Waals surface area contributed by atoms with E-state index < -0.39 is 10.2 Å². The van der Waals surface area contributed by atoms with E-state index in [9.17, 15) is 8.42 Å². The van der Waals surface area contributed by atoms with Crippen molar-refractivity contribution >= 4 is 10.2 Å². The zero-order valence-electron chi connectivity index (χ0n) is 16.1. The Morgan fingerprint density at radius 3 is 2.70 bits per heavy atom. The molecule has 0 spiro atoms. The highest BCUT2D eigenvalue weighted by molar-refractivity contribution is 7.86. The fraction of sp³-hybridized carbons (Fsp3) is 0.500. The Hall–Kier alpha value is -2.10. The Kier molecular flexibility index (Phi) is 5.73. The Morgan fingerprint density at radius 1 is 1.30 bits per heavy atom. The van der Waals surface area contributed by atoms with Crippen LogP contribution in [0.2, 0.25) is 0 Å². The first-order valence-corrected chi connectivity index (χ1v) is 10.2. The molecule has 9 heteroatoms. The van der Waals surface area contributed by atoms with Crippen LogP contribution in [0.4, 0.5) is 0 Å². The van der Waals surface area contributed by atoms with Crippen molar-refractivity contribution in [2.24, 2.45) is 7.05 Å². The van der Waals surface area contributed by atoms with Gasteiger partial charge in [0.1, 0.15) is 11.5 Å². The average molecular weight is 394 g/mol. The second-order valence-corrected chi connectivity index (χ2v) is 8.65. The summed E-state index contributed by atoms with van der Waals surface area (Å²) in [4.78, 5) is 0. The molecule has 8 nitrogen and oxygen atoms in total. The van der Waals surface area contributed by atoms with Crippen molar-refractivity contribution in [1.82, 2.24) is 18.4 Å². The molecule has 3 rings (SSSR count). The van der Waals surface area contributed by atoms with E-state index in [1.54, 1.807) is 36.5 Å². The fourth-order valence-corrected chi connectivity index (χ4v) is 5.07. The Balaban J connectivity index is 1.89. The van der Waals surface area contributed by atoms with Crippen molar-refractivity contribution in [3.05, 3.63) is 41.7 Å². The molecule has 1 atom stereocenters. The van der Waals surface area contributed by atoms with Gasteiger partial charge in [-0.15, -0.1) is 0 Å². The third-order valence-corrected chi connectivity index (χ3v) is 6.80. The molecule has 2 heterocycles. The Bertz CT molecular complexity index is 897. The number of ether oxygens (including phenoxy) is 2. The summed E-state index contributed by atoms with van der Waals surface area (Å²) in [6.07, 6.45) is 5.03. The molecule has 0 aliphatic carbocycles. The van der Waals surface area contributed by atoms with Crippen LogP contribution in [0.15, 0.2) is 30.6 Å². The van der Waals surface area contributed by atoms with Gasteiger partial charge in [0.2, 0.25) is 0 Å². The summed E-state index contributed by atoms with van der Waals surface area (Å²) in [7, 11) is 2.96. The number of aromatic nitrogens is 2. The quantitative estimate of drug-likeness (QED) is 0.717. The van der Waals surface area contributed by atoms with Crippen molar-refractivity contribution in [2.75, 3.05) is 27.8 Å². The summed E-state index contributed by atoms with van der Waals surface area (Å²) >= 11 is 0. The lowest BCUT2D eigenvalue weighted by Gasteiger charge is -2.29. The van der Waals surface area contributed by atoms with Crippen molar-refractivity contribution < 1.29 is 17.9 Å². The van der Waals surface area contributed by atoms with Gasteiger partial charge in [0, 0.05) is 44.5 Å². The van der Waals surface area contributed by atoms with Gasteiger partial charge in [-0.05, 0) is 31.0 Å². The smallest absolute Gasteiger partial charge is 0.282 e. The van der Waals surface area contributed by atoms with E-state index in [2.05, 4.69) is 5.10 Å².